The molecular formula is C23H21FN4O4. The Morgan fingerprint density at radius 1 is 1.19 bits per heavy atom. The number of benzene rings is 3. The van der Waals surface area contributed by atoms with Crippen molar-refractivity contribution in [1.29, 1.82) is 5.41 Å². The Bertz CT molecular complexity index is 1160. The molecule has 8 nitrogen and oxygen atoms in total. The molecule has 0 fully saturated rings. The van der Waals surface area contributed by atoms with Crippen molar-refractivity contribution in [1.82, 2.24) is 5.32 Å². The third-order valence-corrected chi connectivity index (χ3v) is 4.89. The number of carbonyl (C=O) groups is 1. The highest BCUT2D eigenvalue weighted by Crippen LogP contribution is 2.33. The first-order valence-corrected chi connectivity index (χ1v) is 9.59. The molecule has 3 aromatic rings. The van der Waals surface area contributed by atoms with Crippen LogP contribution < -0.4 is 11.1 Å². The molecule has 164 valence electrons. The van der Waals surface area contributed by atoms with E-state index in [0.717, 1.165) is 5.56 Å². The van der Waals surface area contributed by atoms with Crippen molar-refractivity contribution in [2.75, 3.05) is 7.11 Å². The van der Waals surface area contributed by atoms with Crippen molar-refractivity contribution >= 4 is 17.4 Å². The van der Waals surface area contributed by atoms with E-state index < -0.39 is 22.8 Å². The number of non-ortho nitro benzene ring substituents is 1. The van der Waals surface area contributed by atoms with Gasteiger partial charge in [-0.2, -0.15) is 0 Å². The molecule has 1 atom stereocenters. The van der Waals surface area contributed by atoms with Crippen LogP contribution in [0.4, 0.5) is 10.1 Å². The van der Waals surface area contributed by atoms with Crippen molar-refractivity contribution in [3.8, 4) is 11.1 Å². The molecule has 0 aromatic heterocycles. The molecule has 1 amide bonds. The van der Waals surface area contributed by atoms with Gasteiger partial charge in [0.1, 0.15) is 11.7 Å². The predicted molar refractivity (Wildman–Crippen MR) is 118 cm³/mol. The van der Waals surface area contributed by atoms with E-state index in [1.54, 1.807) is 36.4 Å². The Morgan fingerprint density at radius 3 is 2.50 bits per heavy atom. The van der Waals surface area contributed by atoms with E-state index in [0.29, 0.717) is 16.7 Å². The van der Waals surface area contributed by atoms with E-state index in [-0.39, 0.29) is 23.6 Å². The summed E-state index contributed by atoms with van der Waals surface area (Å²) in [6, 6.07) is 16.8. The lowest BCUT2D eigenvalue weighted by Crippen LogP contribution is -2.31. The van der Waals surface area contributed by atoms with Gasteiger partial charge in [0.2, 0.25) is 0 Å². The van der Waals surface area contributed by atoms with Crippen molar-refractivity contribution in [2.24, 2.45) is 5.73 Å². The second-order valence-corrected chi connectivity index (χ2v) is 6.95. The minimum absolute atomic E-state index is 0.0140. The number of nitrogens with one attached hydrogen (secondary N) is 2. The maximum absolute atomic E-state index is 14.8. The standard InChI is InChI=1S/C23H21FN4O4/c1-32-21(23(29)27-13-14-8-10-15(11-9-14)22(25)26)20-18(6-3-7-19(20)24)16-4-2-5-17(12-16)28(30)31/h2-12,21H,13H2,1H3,(H3,25,26)(H,27,29). The molecule has 3 rings (SSSR count). The molecule has 0 aliphatic rings. The summed E-state index contributed by atoms with van der Waals surface area (Å²) in [7, 11) is 1.29. The largest absolute Gasteiger partial charge is 0.384 e. The molecule has 1 unspecified atom stereocenters. The van der Waals surface area contributed by atoms with E-state index in [2.05, 4.69) is 5.32 Å². The lowest BCUT2D eigenvalue weighted by molar-refractivity contribution is -0.384. The fourth-order valence-corrected chi connectivity index (χ4v) is 3.28. The summed E-state index contributed by atoms with van der Waals surface area (Å²) in [5, 5.41) is 21.3. The average Bonchev–Trinajstić information content (AvgIpc) is 2.79. The van der Waals surface area contributed by atoms with E-state index in [1.165, 1.54) is 37.4 Å². The number of amides is 1. The highest BCUT2D eigenvalue weighted by atomic mass is 19.1. The minimum Gasteiger partial charge on any atom is -0.384 e. The maximum atomic E-state index is 14.8. The highest BCUT2D eigenvalue weighted by molar-refractivity contribution is 5.94. The lowest BCUT2D eigenvalue weighted by atomic mass is 9.94. The second-order valence-electron chi connectivity index (χ2n) is 6.95. The van der Waals surface area contributed by atoms with Crippen molar-refractivity contribution < 1.29 is 18.8 Å². The van der Waals surface area contributed by atoms with Crippen molar-refractivity contribution in [3.05, 3.63) is 99.4 Å². The quantitative estimate of drug-likeness (QED) is 0.214. The zero-order chi connectivity index (χ0) is 23.3. The number of nitrogens with two attached hydrogens (primary N) is 1. The van der Waals surface area contributed by atoms with Crippen molar-refractivity contribution in [3.63, 3.8) is 0 Å². The van der Waals surface area contributed by atoms with Crippen LogP contribution >= 0.6 is 0 Å². The van der Waals surface area contributed by atoms with Crippen molar-refractivity contribution in [2.45, 2.75) is 12.6 Å². The summed E-state index contributed by atoms with van der Waals surface area (Å²) >= 11 is 0. The molecule has 0 aliphatic heterocycles. The van der Waals surface area contributed by atoms with Crippen LogP contribution in [0.15, 0.2) is 66.7 Å². The number of hydrogen-bond donors (Lipinski definition) is 3. The summed E-state index contributed by atoms with van der Waals surface area (Å²) < 4.78 is 20.2. The van der Waals surface area contributed by atoms with E-state index >= 15 is 0 Å². The molecule has 4 N–H and O–H groups in total. The Labute approximate surface area is 183 Å². The molecule has 0 bridgehead atoms. The fourth-order valence-electron chi connectivity index (χ4n) is 3.28. The second kappa shape index (κ2) is 9.80. The molecular weight excluding hydrogens is 415 g/mol. The zero-order valence-electron chi connectivity index (χ0n) is 17.2. The van der Waals surface area contributed by atoms with Gasteiger partial charge in [0, 0.05) is 36.9 Å². The number of amidine groups is 1. The number of nitrogen functional groups attached to an aromatic ring is 1. The van der Waals surface area contributed by atoms with Gasteiger partial charge in [0.25, 0.3) is 11.6 Å². The van der Waals surface area contributed by atoms with Crippen LogP contribution in [0.2, 0.25) is 0 Å². The van der Waals surface area contributed by atoms with Crippen LogP contribution in [0.1, 0.15) is 22.8 Å². The van der Waals surface area contributed by atoms with Crippen LogP contribution in [-0.2, 0) is 16.1 Å². The molecule has 0 heterocycles. The number of nitro benzene ring substituents is 1. The predicted octanol–water partition coefficient (Wildman–Crippen LogP) is 3.69. The first-order chi connectivity index (χ1) is 15.3. The Balaban J connectivity index is 1.88. The number of nitrogens with zero attached hydrogens (tertiary/aromatic N) is 1. The summed E-state index contributed by atoms with van der Waals surface area (Å²) in [4.78, 5) is 23.5. The first-order valence-electron chi connectivity index (χ1n) is 9.59. The molecule has 9 heteroatoms. The smallest absolute Gasteiger partial charge is 0.270 e. The van der Waals surface area contributed by atoms with Gasteiger partial charge in [-0.3, -0.25) is 20.3 Å². The van der Waals surface area contributed by atoms with Crippen LogP contribution in [-0.4, -0.2) is 23.8 Å². The van der Waals surface area contributed by atoms with Crippen LogP contribution in [0.25, 0.3) is 11.1 Å². The average molecular weight is 436 g/mol. The first kappa shape index (κ1) is 22.6. The number of carbonyl (C=O) groups excluding carboxylic acids is 1. The Morgan fingerprint density at radius 2 is 1.88 bits per heavy atom. The zero-order valence-corrected chi connectivity index (χ0v) is 17.2. The molecule has 0 saturated carbocycles. The van der Waals surface area contributed by atoms with Gasteiger partial charge < -0.3 is 15.8 Å². The minimum atomic E-state index is -1.28. The van der Waals surface area contributed by atoms with Crippen LogP contribution in [0, 0.1) is 21.3 Å². The van der Waals surface area contributed by atoms with Gasteiger partial charge in [-0.15, -0.1) is 0 Å². The molecule has 0 spiro atoms. The Hall–Kier alpha value is -4.11. The normalized spacial score (nSPS) is 11.6. The Kier molecular flexibility index (Phi) is 6.91. The summed E-state index contributed by atoms with van der Waals surface area (Å²) in [5.74, 6) is -1.30. The summed E-state index contributed by atoms with van der Waals surface area (Å²) in [5.41, 5.74) is 7.30. The number of ether oxygens (including phenoxy) is 1. The van der Waals surface area contributed by atoms with Crippen LogP contribution in [0.3, 0.4) is 0 Å². The van der Waals surface area contributed by atoms with Crippen LogP contribution in [0.5, 0.6) is 0 Å². The highest BCUT2D eigenvalue weighted by Gasteiger charge is 2.27. The molecule has 32 heavy (non-hydrogen) atoms. The van der Waals surface area contributed by atoms with Gasteiger partial charge in [0.05, 0.1) is 4.92 Å². The summed E-state index contributed by atoms with van der Waals surface area (Å²) in [6.07, 6.45) is -1.28. The molecule has 0 aliphatic carbocycles. The lowest BCUT2D eigenvalue weighted by Gasteiger charge is -2.20. The number of nitro groups is 1. The third kappa shape index (κ3) is 4.96. The third-order valence-electron chi connectivity index (χ3n) is 4.89. The molecule has 3 aromatic carbocycles. The van der Waals surface area contributed by atoms with Gasteiger partial charge >= 0.3 is 0 Å². The summed E-state index contributed by atoms with van der Waals surface area (Å²) in [6.45, 7) is 0.150. The van der Waals surface area contributed by atoms with E-state index in [1.807, 2.05) is 0 Å². The van der Waals surface area contributed by atoms with E-state index in [9.17, 15) is 19.3 Å². The van der Waals surface area contributed by atoms with Gasteiger partial charge in [0.15, 0.2) is 6.10 Å². The van der Waals surface area contributed by atoms with E-state index in [4.69, 9.17) is 15.9 Å². The monoisotopic (exact) mass is 436 g/mol. The molecule has 0 radical (unpaired) electrons. The van der Waals surface area contributed by atoms with Gasteiger partial charge in [-0.25, -0.2) is 4.39 Å². The fraction of sp³-hybridized carbons (Fsp3) is 0.130. The van der Waals surface area contributed by atoms with Gasteiger partial charge in [-0.1, -0.05) is 48.5 Å². The number of rotatable bonds is 8. The maximum Gasteiger partial charge on any atom is 0.270 e. The number of methoxy groups -OCH3 is 1. The topological polar surface area (TPSA) is 131 Å². The molecule has 0 saturated heterocycles. The number of halogens is 1. The SMILES string of the molecule is COC(C(=O)NCc1ccc(C(=N)N)cc1)c1c(F)cccc1-c1cccc([N+](=O)[O-])c1. The number of hydrogen-bond acceptors (Lipinski definition) is 5. The van der Waals surface area contributed by atoms with Gasteiger partial charge in [-0.05, 0) is 22.8 Å².